The summed E-state index contributed by atoms with van der Waals surface area (Å²) in [7, 11) is 0. The number of carbonyl (C=O) groups is 1. The second kappa shape index (κ2) is 5.89. The van der Waals surface area contributed by atoms with E-state index in [9.17, 15) is 4.79 Å². The number of nitrogen functional groups attached to an aromatic ring is 1. The summed E-state index contributed by atoms with van der Waals surface area (Å²) in [6, 6.07) is 13.1. The zero-order chi connectivity index (χ0) is 13.8. The molecule has 0 aliphatic rings. The molecule has 0 unspecified atom stereocenters. The van der Waals surface area contributed by atoms with E-state index in [-0.39, 0.29) is 5.91 Å². The summed E-state index contributed by atoms with van der Waals surface area (Å²) in [6.45, 7) is 2.00. The summed E-state index contributed by atoms with van der Waals surface area (Å²) in [5.41, 5.74) is 9.17. The number of anilines is 2. The fraction of sp³-hybridized carbons (Fsp3) is 0.133. The highest BCUT2D eigenvalue weighted by atomic mass is 79.9. The van der Waals surface area contributed by atoms with E-state index in [0.29, 0.717) is 12.1 Å². The highest BCUT2D eigenvalue weighted by Gasteiger charge is 2.05. The summed E-state index contributed by atoms with van der Waals surface area (Å²) < 4.78 is 0.984. The summed E-state index contributed by atoms with van der Waals surface area (Å²) >= 11 is 3.45. The quantitative estimate of drug-likeness (QED) is 0.851. The van der Waals surface area contributed by atoms with E-state index in [0.717, 1.165) is 21.3 Å². The molecule has 0 radical (unpaired) electrons. The number of amides is 1. The molecule has 0 heterocycles. The lowest BCUT2D eigenvalue weighted by Gasteiger charge is -2.07. The van der Waals surface area contributed by atoms with Crippen molar-refractivity contribution in [1.29, 1.82) is 0 Å². The zero-order valence-electron chi connectivity index (χ0n) is 10.6. The van der Waals surface area contributed by atoms with Gasteiger partial charge in [-0.3, -0.25) is 4.79 Å². The Morgan fingerprint density at radius 1 is 1.21 bits per heavy atom. The molecule has 0 aliphatic heterocycles. The lowest BCUT2D eigenvalue weighted by atomic mass is 10.1. The molecule has 0 fully saturated rings. The minimum absolute atomic E-state index is 0.0412. The molecule has 0 atom stereocenters. The molecule has 0 saturated carbocycles. The molecule has 2 aromatic carbocycles. The van der Waals surface area contributed by atoms with Crippen LogP contribution in [-0.4, -0.2) is 5.91 Å². The molecule has 0 bridgehead atoms. The van der Waals surface area contributed by atoms with Gasteiger partial charge in [-0.05, 0) is 42.3 Å². The smallest absolute Gasteiger partial charge is 0.228 e. The van der Waals surface area contributed by atoms with Gasteiger partial charge in [0, 0.05) is 15.8 Å². The highest BCUT2D eigenvalue weighted by molar-refractivity contribution is 9.10. The predicted octanol–water partition coefficient (Wildman–Crippen LogP) is 3.52. The minimum Gasteiger partial charge on any atom is -0.399 e. The Balaban J connectivity index is 2.01. The number of nitrogens with two attached hydrogens (primary N) is 1. The van der Waals surface area contributed by atoms with Gasteiger partial charge in [-0.2, -0.15) is 0 Å². The van der Waals surface area contributed by atoms with Crippen LogP contribution in [0.4, 0.5) is 11.4 Å². The normalized spacial score (nSPS) is 10.2. The Hall–Kier alpha value is -1.81. The van der Waals surface area contributed by atoms with Gasteiger partial charge in [0.05, 0.1) is 6.42 Å². The predicted molar refractivity (Wildman–Crippen MR) is 82.1 cm³/mol. The van der Waals surface area contributed by atoms with Crippen LogP contribution in [0.3, 0.4) is 0 Å². The van der Waals surface area contributed by atoms with Gasteiger partial charge in [0.15, 0.2) is 0 Å². The molecular formula is C15H15BrN2O. The number of hydrogen-bond acceptors (Lipinski definition) is 2. The third-order valence-electron chi connectivity index (χ3n) is 2.80. The van der Waals surface area contributed by atoms with Crippen molar-refractivity contribution in [2.45, 2.75) is 13.3 Å². The molecule has 1 amide bonds. The van der Waals surface area contributed by atoms with E-state index in [1.807, 2.05) is 37.3 Å². The largest absolute Gasteiger partial charge is 0.399 e. The number of rotatable bonds is 3. The fourth-order valence-electron chi connectivity index (χ4n) is 1.70. The van der Waals surface area contributed by atoms with Gasteiger partial charge < -0.3 is 11.1 Å². The second-order valence-corrected chi connectivity index (χ2v) is 5.28. The van der Waals surface area contributed by atoms with Crippen LogP contribution in [0.1, 0.15) is 11.1 Å². The van der Waals surface area contributed by atoms with Crippen molar-refractivity contribution < 1.29 is 4.79 Å². The molecule has 0 saturated heterocycles. The van der Waals surface area contributed by atoms with E-state index < -0.39 is 0 Å². The zero-order valence-corrected chi connectivity index (χ0v) is 12.2. The highest BCUT2D eigenvalue weighted by Crippen LogP contribution is 2.20. The average Bonchev–Trinajstić information content (AvgIpc) is 2.37. The first-order valence-electron chi connectivity index (χ1n) is 5.95. The first kappa shape index (κ1) is 13.6. The van der Waals surface area contributed by atoms with Crippen molar-refractivity contribution in [3.05, 3.63) is 58.1 Å². The monoisotopic (exact) mass is 318 g/mol. The van der Waals surface area contributed by atoms with Gasteiger partial charge in [0.25, 0.3) is 0 Å². The Labute approximate surface area is 121 Å². The van der Waals surface area contributed by atoms with E-state index in [1.165, 1.54) is 0 Å². The number of benzene rings is 2. The van der Waals surface area contributed by atoms with Gasteiger partial charge in [0.2, 0.25) is 5.91 Å². The van der Waals surface area contributed by atoms with E-state index in [1.54, 1.807) is 12.1 Å². The van der Waals surface area contributed by atoms with Crippen LogP contribution in [0.5, 0.6) is 0 Å². The van der Waals surface area contributed by atoms with Crippen molar-refractivity contribution in [3.63, 3.8) is 0 Å². The van der Waals surface area contributed by atoms with Crippen molar-refractivity contribution in [1.82, 2.24) is 0 Å². The lowest BCUT2D eigenvalue weighted by Crippen LogP contribution is -2.14. The maximum atomic E-state index is 11.9. The molecule has 0 aliphatic carbocycles. The fourth-order valence-corrected chi connectivity index (χ4v) is 2.08. The van der Waals surface area contributed by atoms with Crippen LogP contribution in [0.25, 0.3) is 0 Å². The molecule has 2 aromatic rings. The van der Waals surface area contributed by atoms with E-state index in [4.69, 9.17) is 5.73 Å². The maximum Gasteiger partial charge on any atom is 0.228 e. The Kier molecular flexibility index (Phi) is 4.22. The molecule has 98 valence electrons. The van der Waals surface area contributed by atoms with Crippen molar-refractivity contribution in [2.75, 3.05) is 11.1 Å². The van der Waals surface area contributed by atoms with Crippen molar-refractivity contribution in [3.8, 4) is 0 Å². The molecule has 0 aromatic heterocycles. The first-order valence-corrected chi connectivity index (χ1v) is 6.74. The van der Waals surface area contributed by atoms with Crippen LogP contribution in [0.2, 0.25) is 0 Å². The Morgan fingerprint density at radius 3 is 2.53 bits per heavy atom. The molecule has 4 heteroatoms. The van der Waals surface area contributed by atoms with Crippen LogP contribution >= 0.6 is 15.9 Å². The molecule has 19 heavy (non-hydrogen) atoms. The van der Waals surface area contributed by atoms with Crippen molar-refractivity contribution in [2.24, 2.45) is 0 Å². The molecule has 3 N–H and O–H groups in total. The molecule has 2 rings (SSSR count). The lowest BCUT2D eigenvalue weighted by molar-refractivity contribution is -0.115. The summed E-state index contributed by atoms with van der Waals surface area (Å²) in [4.78, 5) is 11.9. The SMILES string of the molecule is Cc1ccc(NC(=O)Cc2ccc(N)cc2)cc1Br. The third kappa shape index (κ3) is 3.83. The van der Waals surface area contributed by atoms with Crippen LogP contribution in [-0.2, 0) is 11.2 Å². The summed E-state index contributed by atoms with van der Waals surface area (Å²) in [6.07, 6.45) is 0.339. The number of carbonyl (C=O) groups excluding carboxylic acids is 1. The standard InChI is InChI=1S/C15H15BrN2O/c1-10-2-7-13(9-14(10)16)18-15(19)8-11-3-5-12(17)6-4-11/h2-7,9H,8,17H2,1H3,(H,18,19). The number of hydrogen-bond donors (Lipinski definition) is 2. The molecule has 3 nitrogen and oxygen atoms in total. The first-order chi connectivity index (χ1) is 9.04. The number of aryl methyl sites for hydroxylation is 1. The summed E-state index contributed by atoms with van der Waals surface area (Å²) in [5.74, 6) is -0.0412. The molecule has 0 spiro atoms. The summed E-state index contributed by atoms with van der Waals surface area (Å²) in [5, 5.41) is 2.87. The third-order valence-corrected chi connectivity index (χ3v) is 3.65. The average molecular weight is 319 g/mol. The van der Waals surface area contributed by atoms with Crippen LogP contribution in [0.15, 0.2) is 46.9 Å². The minimum atomic E-state index is -0.0412. The van der Waals surface area contributed by atoms with Gasteiger partial charge in [-0.1, -0.05) is 34.1 Å². The number of nitrogens with one attached hydrogen (secondary N) is 1. The topological polar surface area (TPSA) is 55.1 Å². The number of halogens is 1. The Bertz CT molecular complexity index is 594. The van der Waals surface area contributed by atoms with Gasteiger partial charge >= 0.3 is 0 Å². The van der Waals surface area contributed by atoms with Crippen LogP contribution < -0.4 is 11.1 Å². The van der Waals surface area contributed by atoms with Crippen LogP contribution in [0, 0.1) is 6.92 Å². The maximum absolute atomic E-state index is 11.9. The van der Waals surface area contributed by atoms with E-state index >= 15 is 0 Å². The Morgan fingerprint density at radius 2 is 1.89 bits per heavy atom. The van der Waals surface area contributed by atoms with Gasteiger partial charge in [-0.25, -0.2) is 0 Å². The molecular weight excluding hydrogens is 304 g/mol. The van der Waals surface area contributed by atoms with Gasteiger partial charge in [0.1, 0.15) is 0 Å². The second-order valence-electron chi connectivity index (χ2n) is 4.43. The van der Waals surface area contributed by atoms with Crippen molar-refractivity contribution >= 4 is 33.2 Å². The van der Waals surface area contributed by atoms with Gasteiger partial charge in [-0.15, -0.1) is 0 Å². The van der Waals surface area contributed by atoms with E-state index in [2.05, 4.69) is 21.2 Å².